The highest BCUT2D eigenvalue weighted by atomic mass is 19.1. The number of hydrogen-bond donors (Lipinski definition) is 1. The number of fused-ring (bicyclic) bond motifs is 1. The summed E-state index contributed by atoms with van der Waals surface area (Å²) in [5, 5.41) is 3.16. The van der Waals surface area contributed by atoms with Crippen molar-refractivity contribution in [1.29, 1.82) is 0 Å². The quantitative estimate of drug-likeness (QED) is 0.880. The number of carbonyl (C=O) groups is 1. The van der Waals surface area contributed by atoms with Gasteiger partial charge in [-0.25, -0.2) is 4.39 Å². The van der Waals surface area contributed by atoms with Crippen molar-refractivity contribution >= 4 is 11.6 Å². The third-order valence-electron chi connectivity index (χ3n) is 5.58. The zero-order valence-corrected chi connectivity index (χ0v) is 16.0. The summed E-state index contributed by atoms with van der Waals surface area (Å²) >= 11 is 0. The highest BCUT2D eigenvalue weighted by Gasteiger charge is 2.30. The molecule has 148 valence electrons. The van der Waals surface area contributed by atoms with Gasteiger partial charge in [-0.05, 0) is 43.0 Å². The molecule has 2 heterocycles. The van der Waals surface area contributed by atoms with E-state index in [9.17, 15) is 9.18 Å². The van der Waals surface area contributed by atoms with E-state index in [2.05, 4.69) is 5.32 Å². The van der Waals surface area contributed by atoms with Crippen LogP contribution in [0.4, 0.5) is 10.1 Å². The Morgan fingerprint density at radius 2 is 1.96 bits per heavy atom. The van der Waals surface area contributed by atoms with Crippen LogP contribution in [-0.4, -0.2) is 38.8 Å². The monoisotopic (exact) mass is 384 g/mol. The maximum absolute atomic E-state index is 14.0. The molecule has 5 nitrogen and oxygen atoms in total. The minimum absolute atomic E-state index is 0.0258. The normalized spacial score (nSPS) is 19.5. The topological polar surface area (TPSA) is 50.8 Å². The van der Waals surface area contributed by atoms with Crippen molar-refractivity contribution in [3.8, 4) is 11.5 Å². The average Bonchev–Trinajstić information content (AvgIpc) is 2.74. The van der Waals surface area contributed by atoms with Crippen LogP contribution in [0.5, 0.6) is 11.5 Å². The van der Waals surface area contributed by atoms with Gasteiger partial charge < -0.3 is 19.7 Å². The standard InChI is InChI=1S/C22H25FN2O3/c1-27-20-8-4-5-15-13-16(14-28-21(15)20)22(26)24-17-9-11-25(12-10-17)19-7-3-2-6-18(19)23/h2-8,16-17H,9-14H2,1H3,(H,24,26)/t16-/m1/s1. The summed E-state index contributed by atoms with van der Waals surface area (Å²) in [4.78, 5) is 14.8. The number of carbonyl (C=O) groups excluding carboxylic acids is 1. The van der Waals surface area contributed by atoms with E-state index in [0.717, 1.165) is 37.2 Å². The third kappa shape index (κ3) is 3.77. The van der Waals surface area contributed by atoms with E-state index in [0.29, 0.717) is 24.5 Å². The Kier molecular flexibility index (Phi) is 5.37. The van der Waals surface area contributed by atoms with Crippen LogP contribution in [0.1, 0.15) is 18.4 Å². The summed E-state index contributed by atoms with van der Waals surface area (Å²) in [6, 6.07) is 12.7. The Labute approximate surface area is 164 Å². The highest BCUT2D eigenvalue weighted by molar-refractivity contribution is 5.80. The van der Waals surface area contributed by atoms with Crippen LogP contribution in [0.15, 0.2) is 42.5 Å². The van der Waals surface area contributed by atoms with Crippen LogP contribution in [0.25, 0.3) is 0 Å². The smallest absolute Gasteiger partial charge is 0.227 e. The molecule has 4 rings (SSSR count). The number of nitrogens with one attached hydrogen (secondary N) is 1. The molecule has 28 heavy (non-hydrogen) atoms. The second-order valence-electron chi connectivity index (χ2n) is 7.38. The number of piperidine rings is 1. The van der Waals surface area contributed by atoms with Gasteiger partial charge in [0, 0.05) is 19.1 Å². The Bertz CT molecular complexity index is 849. The summed E-state index contributed by atoms with van der Waals surface area (Å²) in [7, 11) is 1.62. The van der Waals surface area contributed by atoms with Gasteiger partial charge in [0.1, 0.15) is 12.4 Å². The number of rotatable bonds is 4. The molecule has 0 bridgehead atoms. The molecule has 0 spiro atoms. The second kappa shape index (κ2) is 8.09. The van der Waals surface area contributed by atoms with E-state index in [1.165, 1.54) is 6.07 Å². The largest absolute Gasteiger partial charge is 0.493 e. The van der Waals surface area contributed by atoms with Crippen molar-refractivity contribution in [3.63, 3.8) is 0 Å². The second-order valence-corrected chi connectivity index (χ2v) is 7.38. The molecule has 2 aliphatic rings. The number of halogens is 1. The summed E-state index contributed by atoms with van der Waals surface area (Å²) in [5.41, 5.74) is 1.64. The number of ether oxygens (including phenoxy) is 2. The Hall–Kier alpha value is -2.76. The fourth-order valence-electron chi connectivity index (χ4n) is 4.02. The van der Waals surface area contributed by atoms with Gasteiger partial charge in [-0.15, -0.1) is 0 Å². The average molecular weight is 384 g/mol. The fourth-order valence-corrected chi connectivity index (χ4v) is 4.02. The molecule has 2 aromatic rings. The lowest BCUT2D eigenvalue weighted by atomic mass is 9.94. The molecule has 1 atom stereocenters. The molecule has 2 aromatic carbocycles. The lowest BCUT2D eigenvalue weighted by Crippen LogP contribution is -2.48. The van der Waals surface area contributed by atoms with Gasteiger partial charge in [-0.2, -0.15) is 0 Å². The zero-order valence-electron chi connectivity index (χ0n) is 16.0. The molecule has 0 aliphatic carbocycles. The van der Waals surface area contributed by atoms with E-state index in [4.69, 9.17) is 9.47 Å². The van der Waals surface area contributed by atoms with Gasteiger partial charge in [-0.1, -0.05) is 24.3 Å². The van der Waals surface area contributed by atoms with E-state index < -0.39 is 0 Å². The van der Waals surface area contributed by atoms with E-state index in [1.54, 1.807) is 19.2 Å². The van der Waals surface area contributed by atoms with Gasteiger partial charge in [0.05, 0.1) is 18.7 Å². The van der Waals surface area contributed by atoms with Gasteiger partial charge in [0.25, 0.3) is 0 Å². The molecule has 6 heteroatoms. The molecular weight excluding hydrogens is 359 g/mol. The first-order valence-corrected chi connectivity index (χ1v) is 9.74. The molecule has 0 unspecified atom stereocenters. The number of amides is 1. The molecule has 1 saturated heterocycles. The molecular formula is C22H25FN2O3. The van der Waals surface area contributed by atoms with Crippen LogP contribution >= 0.6 is 0 Å². The Morgan fingerprint density at radius 1 is 1.18 bits per heavy atom. The first-order chi connectivity index (χ1) is 13.7. The maximum Gasteiger partial charge on any atom is 0.227 e. The number of para-hydroxylation sites is 2. The molecule has 2 aliphatic heterocycles. The van der Waals surface area contributed by atoms with Gasteiger partial charge in [0.15, 0.2) is 11.5 Å². The first kappa shape index (κ1) is 18.6. The number of anilines is 1. The van der Waals surface area contributed by atoms with Crippen LogP contribution < -0.4 is 19.7 Å². The van der Waals surface area contributed by atoms with Crippen molar-refractivity contribution in [2.75, 3.05) is 31.7 Å². The van der Waals surface area contributed by atoms with Crippen molar-refractivity contribution < 1.29 is 18.7 Å². The lowest BCUT2D eigenvalue weighted by molar-refractivity contribution is -0.127. The van der Waals surface area contributed by atoms with Crippen molar-refractivity contribution in [2.24, 2.45) is 5.92 Å². The van der Waals surface area contributed by atoms with Crippen molar-refractivity contribution in [3.05, 3.63) is 53.8 Å². The van der Waals surface area contributed by atoms with E-state index >= 15 is 0 Å². The fraction of sp³-hybridized carbons (Fsp3) is 0.409. The zero-order chi connectivity index (χ0) is 19.5. The summed E-state index contributed by atoms with van der Waals surface area (Å²) in [6.45, 7) is 1.81. The Balaban J connectivity index is 1.32. The van der Waals surface area contributed by atoms with Crippen molar-refractivity contribution in [2.45, 2.75) is 25.3 Å². The predicted octanol–water partition coefficient (Wildman–Crippen LogP) is 3.17. The summed E-state index contributed by atoms with van der Waals surface area (Å²) < 4.78 is 25.1. The lowest BCUT2D eigenvalue weighted by Gasteiger charge is -2.35. The minimum Gasteiger partial charge on any atom is -0.493 e. The molecule has 0 saturated carbocycles. The van der Waals surface area contributed by atoms with Gasteiger partial charge >= 0.3 is 0 Å². The molecule has 1 amide bonds. The number of nitrogens with zero attached hydrogens (tertiary/aromatic N) is 1. The first-order valence-electron chi connectivity index (χ1n) is 9.74. The number of methoxy groups -OCH3 is 1. The van der Waals surface area contributed by atoms with Gasteiger partial charge in [0.2, 0.25) is 5.91 Å². The third-order valence-corrected chi connectivity index (χ3v) is 5.58. The van der Waals surface area contributed by atoms with Crippen molar-refractivity contribution in [1.82, 2.24) is 5.32 Å². The van der Waals surface area contributed by atoms with E-state index in [1.807, 2.05) is 29.2 Å². The summed E-state index contributed by atoms with van der Waals surface area (Å²) in [5.74, 6) is 1.07. The summed E-state index contributed by atoms with van der Waals surface area (Å²) in [6.07, 6.45) is 2.25. The number of benzene rings is 2. The predicted molar refractivity (Wildman–Crippen MR) is 105 cm³/mol. The molecule has 1 fully saturated rings. The molecule has 0 aromatic heterocycles. The van der Waals surface area contributed by atoms with Crippen LogP contribution in [0, 0.1) is 11.7 Å². The van der Waals surface area contributed by atoms with Crippen LogP contribution in [-0.2, 0) is 11.2 Å². The molecule has 1 N–H and O–H groups in total. The van der Waals surface area contributed by atoms with Crippen LogP contribution in [0.2, 0.25) is 0 Å². The number of hydrogen-bond acceptors (Lipinski definition) is 4. The highest BCUT2D eigenvalue weighted by Crippen LogP contribution is 2.36. The Morgan fingerprint density at radius 3 is 2.71 bits per heavy atom. The van der Waals surface area contributed by atoms with Crippen LogP contribution in [0.3, 0.4) is 0 Å². The van der Waals surface area contributed by atoms with Gasteiger partial charge in [-0.3, -0.25) is 4.79 Å². The molecule has 0 radical (unpaired) electrons. The minimum atomic E-state index is -0.204. The SMILES string of the molecule is COc1cccc2c1OC[C@H](C(=O)NC1CCN(c3ccccc3F)CC1)C2. The van der Waals surface area contributed by atoms with E-state index in [-0.39, 0.29) is 23.7 Å². The maximum atomic E-state index is 14.0.